The molecule has 0 saturated carbocycles. The molecule has 3 N–H and O–H groups in total. The van der Waals surface area contributed by atoms with Crippen molar-refractivity contribution >= 4 is 11.8 Å². The largest absolute Gasteiger partial charge is 0.352 e. The molecule has 2 aromatic rings. The predicted octanol–water partition coefficient (Wildman–Crippen LogP) is 2.56. The molecular weight excluding hydrogens is 326 g/mol. The Bertz CT molecular complexity index is 733. The van der Waals surface area contributed by atoms with Crippen molar-refractivity contribution in [3.8, 4) is 0 Å². The van der Waals surface area contributed by atoms with Crippen LogP contribution in [-0.4, -0.2) is 29.8 Å². The van der Waals surface area contributed by atoms with Crippen molar-refractivity contribution < 1.29 is 9.59 Å². The first-order valence-electron chi connectivity index (χ1n) is 9.09. The maximum absolute atomic E-state index is 13.0. The molecule has 1 aliphatic rings. The lowest BCUT2D eigenvalue weighted by molar-refractivity contribution is -0.142. The first-order chi connectivity index (χ1) is 12.7. The molecule has 1 saturated heterocycles. The van der Waals surface area contributed by atoms with Crippen molar-refractivity contribution in [1.82, 2.24) is 10.2 Å². The van der Waals surface area contributed by atoms with Crippen molar-refractivity contribution in [3.63, 3.8) is 0 Å². The number of piperidine rings is 1. The molecule has 2 aromatic carbocycles. The summed E-state index contributed by atoms with van der Waals surface area (Å²) < 4.78 is 0. The lowest BCUT2D eigenvalue weighted by atomic mass is 10.00. The third kappa shape index (κ3) is 4.29. The number of nitrogens with zero attached hydrogens (tertiary/aromatic N) is 1. The van der Waals surface area contributed by atoms with Gasteiger partial charge >= 0.3 is 0 Å². The highest BCUT2D eigenvalue weighted by molar-refractivity contribution is 5.89. The Labute approximate surface area is 154 Å². The van der Waals surface area contributed by atoms with Crippen molar-refractivity contribution in [2.24, 2.45) is 5.73 Å². The summed E-state index contributed by atoms with van der Waals surface area (Å²) in [4.78, 5) is 27.1. The lowest BCUT2D eigenvalue weighted by Gasteiger charge is -2.34. The maximum atomic E-state index is 13.0. The van der Waals surface area contributed by atoms with Crippen LogP contribution in [0, 0.1) is 0 Å². The lowest BCUT2D eigenvalue weighted by Crippen LogP contribution is -2.46. The summed E-state index contributed by atoms with van der Waals surface area (Å²) in [5, 5.41) is 2.94. The Kier molecular flexibility index (Phi) is 6.02. The van der Waals surface area contributed by atoms with Crippen LogP contribution in [0.15, 0.2) is 60.7 Å². The Hall–Kier alpha value is -2.66. The summed E-state index contributed by atoms with van der Waals surface area (Å²) in [5.74, 6) is -0.148. The van der Waals surface area contributed by atoms with E-state index >= 15 is 0 Å². The maximum Gasteiger partial charge on any atom is 0.247 e. The van der Waals surface area contributed by atoms with Gasteiger partial charge in [-0.25, -0.2) is 0 Å². The second-order valence-corrected chi connectivity index (χ2v) is 6.62. The van der Waals surface area contributed by atoms with Gasteiger partial charge in [0, 0.05) is 25.6 Å². The summed E-state index contributed by atoms with van der Waals surface area (Å²) in [5.41, 5.74) is 7.99. The number of carbonyl (C=O) groups excluding carboxylic acids is 2. The highest BCUT2D eigenvalue weighted by Gasteiger charge is 2.32. The molecule has 0 spiro atoms. The van der Waals surface area contributed by atoms with Crippen molar-refractivity contribution in [1.29, 1.82) is 0 Å². The third-order valence-electron chi connectivity index (χ3n) is 4.76. The number of nitrogens with two attached hydrogens (primary N) is 1. The molecule has 2 unspecified atom stereocenters. The first kappa shape index (κ1) is 18.1. The fourth-order valence-corrected chi connectivity index (χ4v) is 3.33. The summed E-state index contributed by atoms with van der Waals surface area (Å²) >= 11 is 0. The van der Waals surface area contributed by atoms with E-state index in [2.05, 4.69) is 5.32 Å². The number of likely N-dealkylation sites (tertiary alicyclic amines) is 1. The van der Waals surface area contributed by atoms with Gasteiger partial charge in [-0.2, -0.15) is 0 Å². The van der Waals surface area contributed by atoms with E-state index in [1.165, 1.54) is 0 Å². The van der Waals surface area contributed by atoms with Gasteiger partial charge in [0.1, 0.15) is 6.04 Å². The fraction of sp³-hybridized carbons (Fsp3) is 0.333. The molecular formula is C21H25N3O2. The van der Waals surface area contributed by atoms with E-state index in [1.807, 2.05) is 60.7 Å². The van der Waals surface area contributed by atoms with Crippen LogP contribution in [0.5, 0.6) is 0 Å². The van der Waals surface area contributed by atoms with Crippen molar-refractivity contribution in [3.05, 3.63) is 71.8 Å². The number of rotatable bonds is 6. The topological polar surface area (TPSA) is 75.4 Å². The summed E-state index contributed by atoms with van der Waals surface area (Å²) in [6.45, 7) is 0.935. The van der Waals surface area contributed by atoms with Gasteiger partial charge in [0.15, 0.2) is 0 Å². The van der Waals surface area contributed by atoms with Gasteiger partial charge in [-0.1, -0.05) is 60.7 Å². The number of hydrogen-bond acceptors (Lipinski definition) is 3. The first-order valence-corrected chi connectivity index (χ1v) is 9.09. The zero-order chi connectivity index (χ0) is 18.4. The molecule has 3 rings (SSSR count). The Balaban J connectivity index is 1.74. The average Bonchev–Trinajstić information content (AvgIpc) is 2.69. The van der Waals surface area contributed by atoms with E-state index in [1.54, 1.807) is 4.90 Å². The standard InChI is InChI=1S/C21H25N3O2/c22-18(16-9-3-1-4-10-16)15-23-21(26)20(17-11-5-2-6-12-17)24-14-8-7-13-19(24)25/h1-6,9-12,18,20H,7-8,13-15,22H2,(H,23,26). The molecule has 2 atom stereocenters. The van der Waals surface area contributed by atoms with Gasteiger partial charge in [-0.15, -0.1) is 0 Å². The van der Waals surface area contributed by atoms with E-state index in [9.17, 15) is 9.59 Å². The van der Waals surface area contributed by atoms with Crippen molar-refractivity contribution in [2.75, 3.05) is 13.1 Å². The monoisotopic (exact) mass is 351 g/mol. The van der Waals surface area contributed by atoms with E-state index in [0.717, 1.165) is 24.0 Å². The van der Waals surface area contributed by atoms with Crippen LogP contribution in [0.1, 0.15) is 42.5 Å². The van der Waals surface area contributed by atoms with Crippen molar-refractivity contribution in [2.45, 2.75) is 31.3 Å². The molecule has 26 heavy (non-hydrogen) atoms. The van der Waals surface area contributed by atoms with E-state index in [4.69, 9.17) is 5.73 Å². The highest BCUT2D eigenvalue weighted by Crippen LogP contribution is 2.26. The normalized spacial score (nSPS) is 16.8. The number of nitrogens with one attached hydrogen (secondary N) is 1. The zero-order valence-electron chi connectivity index (χ0n) is 14.8. The molecule has 0 aromatic heterocycles. The van der Waals surface area contributed by atoms with E-state index in [-0.39, 0.29) is 17.9 Å². The average molecular weight is 351 g/mol. The minimum atomic E-state index is -0.605. The van der Waals surface area contributed by atoms with Crippen LogP contribution in [0.2, 0.25) is 0 Å². The molecule has 5 heteroatoms. The van der Waals surface area contributed by atoms with Gasteiger partial charge in [-0.3, -0.25) is 9.59 Å². The Morgan fingerprint density at radius 3 is 2.23 bits per heavy atom. The Morgan fingerprint density at radius 2 is 1.62 bits per heavy atom. The summed E-state index contributed by atoms with van der Waals surface area (Å²) in [6, 6.07) is 18.3. The minimum absolute atomic E-state index is 0.0348. The predicted molar refractivity (Wildman–Crippen MR) is 101 cm³/mol. The second kappa shape index (κ2) is 8.63. The van der Waals surface area contributed by atoms with Gasteiger partial charge in [-0.05, 0) is 24.0 Å². The molecule has 0 aliphatic carbocycles. The second-order valence-electron chi connectivity index (χ2n) is 6.62. The summed E-state index contributed by atoms with van der Waals surface area (Å²) in [7, 11) is 0. The van der Waals surface area contributed by atoms with Gasteiger partial charge in [0.05, 0.1) is 0 Å². The molecule has 1 fully saturated rings. The van der Waals surface area contributed by atoms with Crippen LogP contribution < -0.4 is 11.1 Å². The van der Waals surface area contributed by atoms with Crippen LogP contribution in [0.3, 0.4) is 0 Å². The van der Waals surface area contributed by atoms with Crippen LogP contribution in [-0.2, 0) is 9.59 Å². The van der Waals surface area contributed by atoms with Gasteiger partial charge < -0.3 is 16.0 Å². The number of amides is 2. The minimum Gasteiger partial charge on any atom is -0.352 e. The quantitative estimate of drug-likeness (QED) is 0.840. The fourth-order valence-electron chi connectivity index (χ4n) is 3.33. The zero-order valence-corrected chi connectivity index (χ0v) is 14.8. The SMILES string of the molecule is NC(CNC(=O)C(c1ccccc1)N1CCCCC1=O)c1ccccc1. The summed E-state index contributed by atoms with van der Waals surface area (Å²) in [6.07, 6.45) is 2.31. The smallest absolute Gasteiger partial charge is 0.247 e. The number of hydrogen-bond donors (Lipinski definition) is 2. The molecule has 2 amide bonds. The van der Waals surface area contributed by atoms with E-state index < -0.39 is 6.04 Å². The van der Waals surface area contributed by atoms with Crippen LogP contribution >= 0.6 is 0 Å². The number of benzene rings is 2. The van der Waals surface area contributed by atoms with Crippen LogP contribution in [0.25, 0.3) is 0 Å². The molecule has 136 valence electrons. The van der Waals surface area contributed by atoms with Gasteiger partial charge in [0.2, 0.25) is 11.8 Å². The number of carbonyl (C=O) groups is 2. The Morgan fingerprint density at radius 1 is 1.00 bits per heavy atom. The third-order valence-corrected chi connectivity index (χ3v) is 4.76. The highest BCUT2D eigenvalue weighted by atomic mass is 16.2. The molecule has 5 nitrogen and oxygen atoms in total. The van der Waals surface area contributed by atoms with E-state index in [0.29, 0.717) is 19.5 Å². The molecule has 0 radical (unpaired) electrons. The van der Waals surface area contributed by atoms with Gasteiger partial charge in [0.25, 0.3) is 0 Å². The molecule has 1 heterocycles. The molecule has 1 aliphatic heterocycles. The molecule has 0 bridgehead atoms. The van der Waals surface area contributed by atoms with Crippen LogP contribution in [0.4, 0.5) is 0 Å².